The van der Waals surface area contributed by atoms with E-state index in [2.05, 4.69) is 4.98 Å². The second kappa shape index (κ2) is 4.26. The molecular formula is C15H13NO2. The molecule has 0 aliphatic carbocycles. The van der Waals surface area contributed by atoms with Crippen molar-refractivity contribution in [3.05, 3.63) is 53.2 Å². The minimum atomic E-state index is 0.175. The molecule has 3 rings (SSSR count). The van der Waals surface area contributed by atoms with Crippen molar-refractivity contribution in [2.75, 3.05) is 0 Å². The second-order valence-corrected chi connectivity index (χ2v) is 4.57. The van der Waals surface area contributed by atoms with Crippen molar-refractivity contribution in [3.8, 4) is 11.6 Å². The van der Waals surface area contributed by atoms with Crippen molar-refractivity contribution in [1.29, 1.82) is 0 Å². The van der Waals surface area contributed by atoms with Gasteiger partial charge in [-0.15, -0.1) is 0 Å². The number of hydrogen-bond donors (Lipinski definition) is 0. The number of Topliss-reactive ketones (excluding diaryl/α,β-unsaturated/α-hetero) is 1. The molecule has 3 heteroatoms. The summed E-state index contributed by atoms with van der Waals surface area (Å²) in [7, 11) is 0. The van der Waals surface area contributed by atoms with Crippen LogP contribution in [-0.4, -0.2) is 10.8 Å². The molecule has 0 unspecified atom stereocenters. The Morgan fingerprint density at radius 3 is 3.06 bits per heavy atom. The molecule has 2 heterocycles. The van der Waals surface area contributed by atoms with Gasteiger partial charge in [0.15, 0.2) is 0 Å². The van der Waals surface area contributed by atoms with E-state index in [9.17, 15) is 4.79 Å². The summed E-state index contributed by atoms with van der Waals surface area (Å²) in [5.74, 6) is 1.70. The van der Waals surface area contributed by atoms with E-state index in [0.717, 1.165) is 28.9 Å². The number of carbonyl (C=O) groups excluding carboxylic acids is 1. The van der Waals surface area contributed by atoms with Crippen molar-refractivity contribution in [1.82, 2.24) is 4.98 Å². The molecular weight excluding hydrogens is 226 g/mol. The molecule has 0 amide bonds. The average molecular weight is 239 g/mol. The van der Waals surface area contributed by atoms with Gasteiger partial charge in [-0.2, -0.15) is 0 Å². The quantitative estimate of drug-likeness (QED) is 0.690. The van der Waals surface area contributed by atoms with Crippen LogP contribution < -0.4 is 4.74 Å². The van der Waals surface area contributed by atoms with Crippen molar-refractivity contribution in [3.63, 3.8) is 0 Å². The molecule has 90 valence electrons. The third-order valence-electron chi connectivity index (χ3n) is 3.02. The maximum absolute atomic E-state index is 11.1. The van der Waals surface area contributed by atoms with E-state index >= 15 is 0 Å². The highest BCUT2D eigenvalue weighted by Gasteiger charge is 2.17. The molecule has 0 saturated carbocycles. The molecule has 0 radical (unpaired) electrons. The summed E-state index contributed by atoms with van der Waals surface area (Å²) >= 11 is 0. The Bertz CT molecular complexity index is 620. The van der Waals surface area contributed by atoms with Gasteiger partial charge in [0.25, 0.3) is 0 Å². The maximum atomic E-state index is 11.1. The third kappa shape index (κ3) is 1.99. The third-order valence-corrected chi connectivity index (χ3v) is 3.02. The Balaban J connectivity index is 1.96. The fraction of sp³-hybridized carbons (Fsp3) is 0.200. The van der Waals surface area contributed by atoms with Gasteiger partial charge in [0.1, 0.15) is 11.5 Å². The zero-order valence-corrected chi connectivity index (χ0v) is 10.1. The van der Waals surface area contributed by atoms with E-state index in [0.29, 0.717) is 12.3 Å². The van der Waals surface area contributed by atoms with Gasteiger partial charge < -0.3 is 4.74 Å². The Morgan fingerprint density at radius 2 is 2.22 bits per heavy atom. The maximum Gasteiger partial charge on any atom is 0.222 e. The summed E-state index contributed by atoms with van der Waals surface area (Å²) in [4.78, 5) is 15.4. The number of pyridine rings is 1. The molecule has 3 nitrogen and oxygen atoms in total. The first-order valence-corrected chi connectivity index (χ1v) is 5.95. The van der Waals surface area contributed by atoms with Gasteiger partial charge in [-0.25, -0.2) is 4.98 Å². The molecule has 0 fully saturated rings. The molecule has 0 N–H and O–H groups in total. The number of fused-ring (bicyclic) bond motifs is 2. The lowest BCUT2D eigenvalue weighted by atomic mass is 9.98. The summed E-state index contributed by atoms with van der Waals surface area (Å²) < 4.78 is 5.74. The van der Waals surface area contributed by atoms with E-state index in [4.69, 9.17) is 4.74 Å². The topological polar surface area (TPSA) is 39.2 Å². The lowest BCUT2D eigenvalue weighted by Gasteiger charge is -2.19. The first-order chi connectivity index (χ1) is 8.72. The Labute approximate surface area is 105 Å². The van der Waals surface area contributed by atoms with Crippen LogP contribution in [0.4, 0.5) is 0 Å². The van der Waals surface area contributed by atoms with Gasteiger partial charge in [-0.1, -0.05) is 18.2 Å². The number of nitrogens with zero attached hydrogens (tertiary/aromatic N) is 1. The van der Waals surface area contributed by atoms with E-state index in [1.54, 1.807) is 13.1 Å². The van der Waals surface area contributed by atoms with Gasteiger partial charge in [0, 0.05) is 24.6 Å². The van der Waals surface area contributed by atoms with E-state index in [1.165, 1.54) is 0 Å². The minimum Gasteiger partial charge on any atom is -0.438 e. The number of carbonyl (C=O) groups is 1. The van der Waals surface area contributed by atoms with Gasteiger partial charge in [-0.3, -0.25) is 4.79 Å². The first-order valence-electron chi connectivity index (χ1n) is 5.95. The standard InChI is InChI=1S/C15H13NO2/c1-10(17)7-11-4-5-14-13(8-11)9-12-3-2-6-16-15(12)18-14/h2-6,8H,7,9H2,1H3. The number of ether oxygens (including phenoxy) is 1. The molecule has 2 aromatic rings. The van der Waals surface area contributed by atoms with E-state index < -0.39 is 0 Å². The number of aromatic nitrogens is 1. The van der Waals surface area contributed by atoms with Crippen molar-refractivity contribution in [2.24, 2.45) is 0 Å². The van der Waals surface area contributed by atoms with Gasteiger partial charge in [-0.05, 0) is 30.2 Å². The van der Waals surface area contributed by atoms with Crippen molar-refractivity contribution < 1.29 is 9.53 Å². The Hall–Kier alpha value is -2.16. The van der Waals surface area contributed by atoms with Crippen LogP contribution in [0.15, 0.2) is 36.5 Å². The SMILES string of the molecule is CC(=O)Cc1ccc2c(c1)Cc1cccnc1O2. The molecule has 0 bridgehead atoms. The predicted octanol–water partition coefficient (Wildman–Crippen LogP) is 2.91. The highest BCUT2D eigenvalue weighted by atomic mass is 16.5. The van der Waals surface area contributed by atoms with E-state index in [1.807, 2.05) is 30.3 Å². The summed E-state index contributed by atoms with van der Waals surface area (Å²) in [6, 6.07) is 9.83. The molecule has 1 aromatic heterocycles. The van der Waals surface area contributed by atoms with Crippen LogP contribution in [0.5, 0.6) is 11.6 Å². The molecule has 0 saturated heterocycles. The lowest BCUT2D eigenvalue weighted by Crippen LogP contribution is -2.06. The van der Waals surface area contributed by atoms with Crippen LogP contribution in [-0.2, 0) is 17.6 Å². The van der Waals surface area contributed by atoms with Gasteiger partial charge >= 0.3 is 0 Å². The molecule has 18 heavy (non-hydrogen) atoms. The molecule has 0 atom stereocenters. The number of hydrogen-bond acceptors (Lipinski definition) is 3. The smallest absolute Gasteiger partial charge is 0.222 e. The zero-order chi connectivity index (χ0) is 12.5. The monoisotopic (exact) mass is 239 g/mol. The fourth-order valence-corrected chi connectivity index (χ4v) is 2.23. The summed E-state index contributed by atoms with van der Waals surface area (Å²) in [6.45, 7) is 1.61. The summed E-state index contributed by atoms with van der Waals surface area (Å²) in [6.07, 6.45) is 3.02. The van der Waals surface area contributed by atoms with Crippen LogP contribution in [0.25, 0.3) is 0 Å². The summed E-state index contributed by atoms with van der Waals surface area (Å²) in [5.41, 5.74) is 3.25. The normalized spacial score (nSPS) is 12.3. The molecule has 1 aromatic carbocycles. The summed E-state index contributed by atoms with van der Waals surface area (Å²) in [5, 5.41) is 0. The average Bonchev–Trinajstić information content (AvgIpc) is 2.35. The lowest BCUT2D eigenvalue weighted by molar-refractivity contribution is -0.116. The van der Waals surface area contributed by atoms with Crippen LogP contribution >= 0.6 is 0 Å². The van der Waals surface area contributed by atoms with E-state index in [-0.39, 0.29) is 5.78 Å². The number of benzene rings is 1. The minimum absolute atomic E-state index is 0.175. The molecule has 0 spiro atoms. The van der Waals surface area contributed by atoms with Crippen molar-refractivity contribution >= 4 is 5.78 Å². The highest BCUT2D eigenvalue weighted by molar-refractivity contribution is 5.78. The fourth-order valence-electron chi connectivity index (χ4n) is 2.23. The Kier molecular flexibility index (Phi) is 2.59. The van der Waals surface area contributed by atoms with Crippen LogP contribution in [0.3, 0.4) is 0 Å². The zero-order valence-electron chi connectivity index (χ0n) is 10.1. The van der Waals surface area contributed by atoms with Gasteiger partial charge in [0.05, 0.1) is 0 Å². The molecule has 1 aliphatic rings. The molecule has 1 aliphatic heterocycles. The first kappa shape index (κ1) is 11.0. The van der Waals surface area contributed by atoms with Crippen molar-refractivity contribution in [2.45, 2.75) is 19.8 Å². The number of ketones is 1. The largest absolute Gasteiger partial charge is 0.438 e. The Morgan fingerprint density at radius 1 is 1.33 bits per heavy atom. The number of rotatable bonds is 2. The predicted molar refractivity (Wildman–Crippen MR) is 67.9 cm³/mol. The highest BCUT2D eigenvalue weighted by Crippen LogP contribution is 2.35. The second-order valence-electron chi connectivity index (χ2n) is 4.57. The van der Waals surface area contributed by atoms with Crippen LogP contribution in [0, 0.1) is 0 Å². The van der Waals surface area contributed by atoms with Crippen LogP contribution in [0.2, 0.25) is 0 Å². The van der Waals surface area contributed by atoms with Gasteiger partial charge in [0.2, 0.25) is 5.88 Å². The van der Waals surface area contributed by atoms with Crippen LogP contribution in [0.1, 0.15) is 23.6 Å².